The summed E-state index contributed by atoms with van der Waals surface area (Å²) in [4.78, 5) is 23.5. The van der Waals surface area contributed by atoms with E-state index in [1.807, 2.05) is 31.2 Å². The Morgan fingerprint density at radius 1 is 1.24 bits per heavy atom. The van der Waals surface area contributed by atoms with E-state index in [0.29, 0.717) is 12.2 Å². The molecular weight excluding hydrogens is 334 g/mol. The molecule has 0 fully saturated rings. The fourth-order valence-corrected chi connectivity index (χ4v) is 2.06. The second-order valence-electron chi connectivity index (χ2n) is 4.57. The number of nitrogens with zero attached hydrogens (tertiary/aromatic N) is 2. The van der Waals surface area contributed by atoms with Crippen LogP contribution in [-0.2, 0) is 11.3 Å². The van der Waals surface area contributed by atoms with Gasteiger partial charge >= 0.3 is 0 Å². The Bertz CT molecular complexity index is 680. The molecule has 0 atom stereocenters. The molecule has 21 heavy (non-hydrogen) atoms. The number of benzene rings is 1. The van der Waals surface area contributed by atoms with E-state index in [1.165, 1.54) is 10.7 Å². The van der Waals surface area contributed by atoms with Crippen LogP contribution in [0.15, 0.2) is 45.7 Å². The minimum atomic E-state index is -0.289. The Kier molecular flexibility index (Phi) is 5.27. The zero-order valence-electron chi connectivity index (χ0n) is 11.7. The number of aromatic nitrogens is 2. The lowest BCUT2D eigenvalue weighted by atomic mass is 10.1. The fraction of sp³-hybridized carbons (Fsp3) is 0.267. The normalized spacial score (nSPS) is 10.4. The molecule has 0 unspecified atom stereocenters. The Morgan fingerprint density at radius 3 is 2.62 bits per heavy atom. The highest BCUT2D eigenvalue weighted by Crippen LogP contribution is 2.18. The average Bonchev–Trinajstić information content (AvgIpc) is 2.48. The van der Waals surface area contributed by atoms with Gasteiger partial charge in [-0.1, -0.05) is 35.0 Å². The molecule has 0 aliphatic heterocycles. The first kappa shape index (κ1) is 15.4. The van der Waals surface area contributed by atoms with Crippen molar-refractivity contribution in [3.63, 3.8) is 0 Å². The van der Waals surface area contributed by atoms with Gasteiger partial charge in [-0.05, 0) is 24.6 Å². The van der Waals surface area contributed by atoms with Crippen LogP contribution in [0.4, 0.5) is 0 Å². The lowest BCUT2D eigenvalue weighted by Gasteiger charge is -2.07. The summed E-state index contributed by atoms with van der Waals surface area (Å²) in [5.74, 6) is -0.209. The molecule has 0 bridgehead atoms. The summed E-state index contributed by atoms with van der Waals surface area (Å²) in [5.41, 5.74) is 1.26. The van der Waals surface area contributed by atoms with E-state index < -0.39 is 0 Å². The van der Waals surface area contributed by atoms with E-state index in [1.54, 1.807) is 6.07 Å². The predicted octanol–water partition coefficient (Wildman–Crippen LogP) is 2.20. The number of hydrogen-bond acceptors (Lipinski definition) is 3. The van der Waals surface area contributed by atoms with Crippen molar-refractivity contribution in [1.82, 2.24) is 15.1 Å². The Labute approximate surface area is 131 Å². The van der Waals surface area contributed by atoms with Crippen molar-refractivity contribution < 1.29 is 4.79 Å². The third kappa shape index (κ3) is 4.26. The summed E-state index contributed by atoms with van der Waals surface area (Å²) in [6, 6.07) is 10.7. The first-order chi connectivity index (χ1) is 10.1. The van der Waals surface area contributed by atoms with Crippen molar-refractivity contribution in [2.45, 2.75) is 19.9 Å². The summed E-state index contributed by atoms with van der Waals surface area (Å²) in [6.07, 6.45) is 0.854. The predicted molar refractivity (Wildman–Crippen MR) is 84.9 cm³/mol. The van der Waals surface area contributed by atoms with Gasteiger partial charge in [0.25, 0.3) is 5.56 Å². The van der Waals surface area contributed by atoms with Gasteiger partial charge in [0.1, 0.15) is 6.54 Å². The maximum atomic E-state index is 11.8. The van der Waals surface area contributed by atoms with Crippen LogP contribution in [0.3, 0.4) is 0 Å². The minimum Gasteiger partial charge on any atom is -0.355 e. The largest absolute Gasteiger partial charge is 0.355 e. The van der Waals surface area contributed by atoms with Crippen LogP contribution in [0.5, 0.6) is 0 Å². The van der Waals surface area contributed by atoms with Gasteiger partial charge in [0.05, 0.1) is 5.69 Å². The molecule has 2 aromatic rings. The molecule has 1 heterocycles. The summed E-state index contributed by atoms with van der Waals surface area (Å²) in [5, 5.41) is 6.98. The van der Waals surface area contributed by atoms with Crippen molar-refractivity contribution >= 4 is 21.8 Å². The highest BCUT2D eigenvalue weighted by atomic mass is 79.9. The third-order valence-corrected chi connectivity index (χ3v) is 3.40. The number of hydrogen-bond donors (Lipinski definition) is 1. The molecule has 1 aromatic heterocycles. The number of amides is 1. The SMILES string of the molecule is CCCNC(=O)Cn1nc(-c2ccc(Br)cc2)ccc1=O. The summed E-state index contributed by atoms with van der Waals surface area (Å²) in [6.45, 7) is 2.50. The van der Waals surface area contributed by atoms with Crippen LogP contribution in [-0.4, -0.2) is 22.2 Å². The first-order valence-electron chi connectivity index (χ1n) is 6.71. The summed E-state index contributed by atoms with van der Waals surface area (Å²) < 4.78 is 2.15. The molecule has 0 radical (unpaired) electrons. The number of carbonyl (C=O) groups is 1. The molecule has 0 aliphatic carbocycles. The van der Waals surface area contributed by atoms with Crippen LogP contribution in [0.1, 0.15) is 13.3 Å². The van der Waals surface area contributed by atoms with Crippen molar-refractivity contribution in [3.8, 4) is 11.3 Å². The molecule has 1 aromatic carbocycles. The standard InChI is InChI=1S/C15H16BrN3O2/c1-2-9-17-14(20)10-19-15(21)8-7-13(18-19)11-3-5-12(16)6-4-11/h3-8H,2,9-10H2,1H3,(H,17,20). The fourth-order valence-electron chi connectivity index (χ4n) is 1.79. The molecular formula is C15H16BrN3O2. The zero-order valence-corrected chi connectivity index (χ0v) is 13.3. The maximum absolute atomic E-state index is 11.8. The van der Waals surface area contributed by atoms with Gasteiger partial charge in [-0.25, -0.2) is 4.68 Å². The van der Waals surface area contributed by atoms with E-state index in [-0.39, 0.29) is 18.0 Å². The minimum absolute atomic E-state index is 0.0663. The van der Waals surface area contributed by atoms with Gasteiger partial charge in [0.2, 0.25) is 5.91 Å². The van der Waals surface area contributed by atoms with Crippen LogP contribution < -0.4 is 10.9 Å². The molecule has 6 heteroatoms. The van der Waals surface area contributed by atoms with Crippen LogP contribution in [0, 0.1) is 0 Å². The molecule has 0 saturated heterocycles. The van der Waals surface area contributed by atoms with E-state index in [9.17, 15) is 9.59 Å². The average molecular weight is 350 g/mol. The number of halogens is 1. The van der Waals surface area contributed by atoms with Gasteiger partial charge in [0, 0.05) is 22.6 Å². The molecule has 1 N–H and O–H groups in total. The Morgan fingerprint density at radius 2 is 1.95 bits per heavy atom. The molecule has 1 amide bonds. The Balaban J connectivity index is 2.23. The second-order valence-corrected chi connectivity index (χ2v) is 5.49. The van der Waals surface area contributed by atoms with E-state index >= 15 is 0 Å². The second kappa shape index (κ2) is 7.17. The summed E-state index contributed by atoms with van der Waals surface area (Å²) >= 11 is 3.37. The van der Waals surface area contributed by atoms with Crippen molar-refractivity contribution in [2.24, 2.45) is 0 Å². The van der Waals surface area contributed by atoms with Crippen molar-refractivity contribution in [3.05, 3.63) is 51.2 Å². The zero-order chi connectivity index (χ0) is 15.2. The monoisotopic (exact) mass is 349 g/mol. The lowest BCUT2D eigenvalue weighted by Crippen LogP contribution is -2.33. The van der Waals surface area contributed by atoms with Crippen molar-refractivity contribution in [1.29, 1.82) is 0 Å². The van der Waals surface area contributed by atoms with Crippen molar-refractivity contribution in [2.75, 3.05) is 6.54 Å². The molecule has 110 valence electrons. The third-order valence-electron chi connectivity index (χ3n) is 2.87. The van der Waals surface area contributed by atoms with E-state index in [2.05, 4.69) is 26.3 Å². The van der Waals surface area contributed by atoms with Gasteiger partial charge < -0.3 is 5.32 Å². The van der Waals surface area contributed by atoms with Crippen LogP contribution >= 0.6 is 15.9 Å². The first-order valence-corrected chi connectivity index (χ1v) is 7.50. The topological polar surface area (TPSA) is 64.0 Å². The highest BCUT2D eigenvalue weighted by Gasteiger charge is 2.07. The van der Waals surface area contributed by atoms with Crippen LogP contribution in [0.25, 0.3) is 11.3 Å². The van der Waals surface area contributed by atoms with Gasteiger partial charge in [0.15, 0.2) is 0 Å². The Hall–Kier alpha value is -1.95. The summed E-state index contributed by atoms with van der Waals surface area (Å²) in [7, 11) is 0. The van der Waals surface area contributed by atoms with Gasteiger partial charge in [-0.2, -0.15) is 5.10 Å². The number of nitrogens with one attached hydrogen (secondary N) is 1. The molecule has 0 aliphatic rings. The molecule has 2 rings (SSSR count). The van der Waals surface area contributed by atoms with Gasteiger partial charge in [-0.15, -0.1) is 0 Å². The highest BCUT2D eigenvalue weighted by molar-refractivity contribution is 9.10. The maximum Gasteiger partial charge on any atom is 0.267 e. The number of rotatable bonds is 5. The smallest absolute Gasteiger partial charge is 0.267 e. The molecule has 5 nitrogen and oxygen atoms in total. The lowest BCUT2D eigenvalue weighted by molar-refractivity contribution is -0.121. The van der Waals surface area contributed by atoms with E-state index in [4.69, 9.17) is 0 Å². The van der Waals surface area contributed by atoms with Crippen LogP contribution in [0.2, 0.25) is 0 Å². The quantitative estimate of drug-likeness (QED) is 0.899. The molecule has 0 saturated carbocycles. The number of carbonyl (C=O) groups excluding carboxylic acids is 1. The van der Waals surface area contributed by atoms with Gasteiger partial charge in [-0.3, -0.25) is 9.59 Å². The molecule has 0 spiro atoms. The van der Waals surface area contributed by atoms with E-state index in [0.717, 1.165) is 16.5 Å².